The van der Waals surface area contributed by atoms with Crippen LogP contribution in [0.4, 0.5) is 4.39 Å². The monoisotopic (exact) mass is 189 g/mol. The lowest BCUT2D eigenvalue weighted by Crippen LogP contribution is -2.24. The largest absolute Gasteiger partial charge is 0.325 e. The number of halogens is 2. The van der Waals surface area contributed by atoms with E-state index in [9.17, 15) is 4.39 Å². The molecule has 1 nitrogen and oxygen atoms in total. The van der Waals surface area contributed by atoms with E-state index in [2.05, 4.69) is 0 Å². The minimum Gasteiger partial charge on any atom is -0.325 e. The fourth-order valence-electron chi connectivity index (χ4n) is 0.971. The third-order valence-electron chi connectivity index (χ3n) is 1.54. The van der Waals surface area contributed by atoms with Gasteiger partial charge in [0.2, 0.25) is 0 Å². The van der Waals surface area contributed by atoms with Crippen LogP contribution in [-0.2, 0) is 6.42 Å². The first-order valence-electron chi connectivity index (χ1n) is 3.68. The Kier molecular flexibility index (Phi) is 5.68. The van der Waals surface area contributed by atoms with E-state index in [1.165, 1.54) is 0 Å². The molecule has 0 fully saturated rings. The minimum atomic E-state index is -0.450. The van der Waals surface area contributed by atoms with Crippen LogP contribution in [-0.4, -0.2) is 12.7 Å². The molecule has 0 saturated carbocycles. The molecule has 0 heterocycles. The third kappa shape index (κ3) is 3.69. The first-order chi connectivity index (χ1) is 5.33. The van der Waals surface area contributed by atoms with Crippen molar-refractivity contribution in [3.8, 4) is 0 Å². The Bertz CT molecular complexity index is 203. The van der Waals surface area contributed by atoms with Gasteiger partial charge in [0, 0.05) is 6.04 Å². The zero-order valence-electron chi connectivity index (χ0n) is 6.74. The molecule has 0 aliphatic rings. The number of hydrogen-bond acceptors (Lipinski definition) is 1. The van der Waals surface area contributed by atoms with Crippen LogP contribution < -0.4 is 5.73 Å². The predicted molar refractivity (Wildman–Crippen MR) is 51.3 cm³/mol. The summed E-state index contributed by atoms with van der Waals surface area (Å²) in [7, 11) is 0. The number of benzene rings is 1. The lowest BCUT2D eigenvalue weighted by Gasteiger charge is -2.05. The molecule has 0 aliphatic heterocycles. The molecule has 0 radical (unpaired) electrons. The Morgan fingerprint density at radius 2 is 1.83 bits per heavy atom. The minimum absolute atomic E-state index is 0. The fraction of sp³-hybridized carbons (Fsp3) is 0.333. The van der Waals surface area contributed by atoms with Gasteiger partial charge in [-0.2, -0.15) is 0 Å². The molecule has 1 rings (SSSR count). The third-order valence-corrected chi connectivity index (χ3v) is 1.54. The average Bonchev–Trinajstić information content (AvgIpc) is 2.06. The van der Waals surface area contributed by atoms with E-state index in [0.29, 0.717) is 6.42 Å². The van der Waals surface area contributed by atoms with Crippen LogP contribution in [0.1, 0.15) is 5.56 Å². The van der Waals surface area contributed by atoms with Crippen molar-refractivity contribution < 1.29 is 4.39 Å². The Labute approximate surface area is 78.2 Å². The molecule has 68 valence electrons. The average molecular weight is 190 g/mol. The van der Waals surface area contributed by atoms with Crippen LogP contribution in [0.3, 0.4) is 0 Å². The second-order valence-corrected chi connectivity index (χ2v) is 2.60. The second-order valence-electron chi connectivity index (χ2n) is 2.60. The Morgan fingerprint density at radius 1 is 1.25 bits per heavy atom. The summed E-state index contributed by atoms with van der Waals surface area (Å²) >= 11 is 0. The van der Waals surface area contributed by atoms with Crippen molar-refractivity contribution in [1.82, 2.24) is 0 Å². The summed E-state index contributed by atoms with van der Waals surface area (Å²) < 4.78 is 11.9. The number of hydrogen-bond donors (Lipinski definition) is 1. The summed E-state index contributed by atoms with van der Waals surface area (Å²) in [6.45, 7) is -0.450. The highest BCUT2D eigenvalue weighted by Crippen LogP contribution is 2.01. The molecule has 0 unspecified atom stereocenters. The van der Waals surface area contributed by atoms with Crippen LogP contribution >= 0.6 is 12.4 Å². The summed E-state index contributed by atoms with van der Waals surface area (Å²) in [5, 5.41) is 0. The molecule has 0 aromatic heterocycles. The van der Waals surface area contributed by atoms with E-state index in [0.717, 1.165) is 5.56 Å². The highest BCUT2D eigenvalue weighted by Gasteiger charge is 2.01. The SMILES string of the molecule is Cl.N[C@@H](CF)Cc1ccccc1. The quantitative estimate of drug-likeness (QED) is 0.773. The topological polar surface area (TPSA) is 26.0 Å². The van der Waals surface area contributed by atoms with Gasteiger partial charge in [-0.1, -0.05) is 30.3 Å². The van der Waals surface area contributed by atoms with E-state index in [1.807, 2.05) is 30.3 Å². The van der Waals surface area contributed by atoms with Crippen molar-refractivity contribution in [3.05, 3.63) is 35.9 Å². The summed E-state index contributed by atoms with van der Waals surface area (Å²) in [5.74, 6) is 0. The molecule has 1 atom stereocenters. The zero-order chi connectivity index (χ0) is 8.10. The molecule has 12 heavy (non-hydrogen) atoms. The van der Waals surface area contributed by atoms with Crippen molar-refractivity contribution in [2.75, 3.05) is 6.67 Å². The van der Waals surface area contributed by atoms with E-state index >= 15 is 0 Å². The maximum absolute atomic E-state index is 11.9. The zero-order valence-corrected chi connectivity index (χ0v) is 7.56. The second kappa shape index (κ2) is 5.98. The molecule has 3 heteroatoms. The van der Waals surface area contributed by atoms with Gasteiger partial charge in [0.25, 0.3) is 0 Å². The highest BCUT2D eigenvalue weighted by molar-refractivity contribution is 5.85. The molecule has 0 bridgehead atoms. The Morgan fingerprint density at radius 3 is 2.33 bits per heavy atom. The van der Waals surface area contributed by atoms with E-state index in [-0.39, 0.29) is 18.4 Å². The maximum atomic E-state index is 11.9. The molecule has 0 aliphatic carbocycles. The Hall–Kier alpha value is -0.600. The van der Waals surface area contributed by atoms with Crippen molar-refractivity contribution >= 4 is 12.4 Å². The first-order valence-corrected chi connectivity index (χ1v) is 3.68. The normalized spacial score (nSPS) is 11.8. The molecule has 1 aromatic carbocycles. The van der Waals surface area contributed by atoms with Crippen molar-refractivity contribution in [2.24, 2.45) is 5.73 Å². The summed E-state index contributed by atoms with van der Waals surface area (Å²) in [6.07, 6.45) is 0.622. The van der Waals surface area contributed by atoms with Crippen molar-refractivity contribution in [2.45, 2.75) is 12.5 Å². The molecular formula is C9H13ClFN. The standard InChI is InChI=1S/C9H12FN.ClH/c10-7-9(11)6-8-4-2-1-3-5-8;/h1-5,9H,6-7,11H2;1H/t9-;/m1./s1. The van der Waals surface area contributed by atoms with Gasteiger partial charge in [-0.05, 0) is 12.0 Å². The van der Waals surface area contributed by atoms with Gasteiger partial charge in [-0.3, -0.25) is 0 Å². The van der Waals surface area contributed by atoms with Crippen LogP contribution in [0.15, 0.2) is 30.3 Å². The lowest BCUT2D eigenvalue weighted by atomic mass is 10.1. The highest BCUT2D eigenvalue weighted by atomic mass is 35.5. The van der Waals surface area contributed by atoms with Gasteiger partial charge in [0.05, 0.1) is 0 Å². The van der Waals surface area contributed by atoms with Crippen molar-refractivity contribution in [3.63, 3.8) is 0 Å². The van der Waals surface area contributed by atoms with Crippen LogP contribution in [0, 0.1) is 0 Å². The van der Waals surface area contributed by atoms with Gasteiger partial charge in [0.15, 0.2) is 0 Å². The van der Waals surface area contributed by atoms with Crippen molar-refractivity contribution in [1.29, 1.82) is 0 Å². The molecule has 1 aromatic rings. The molecule has 0 saturated heterocycles. The lowest BCUT2D eigenvalue weighted by molar-refractivity contribution is 0.427. The summed E-state index contributed by atoms with van der Waals surface area (Å²) in [6, 6.07) is 9.35. The number of nitrogens with two attached hydrogens (primary N) is 1. The van der Waals surface area contributed by atoms with Crippen LogP contribution in [0.5, 0.6) is 0 Å². The van der Waals surface area contributed by atoms with Crippen LogP contribution in [0.2, 0.25) is 0 Å². The predicted octanol–water partition coefficient (Wildman–Crippen LogP) is 1.95. The summed E-state index contributed by atoms with van der Waals surface area (Å²) in [5.41, 5.74) is 6.53. The number of rotatable bonds is 3. The van der Waals surface area contributed by atoms with Gasteiger partial charge in [-0.25, -0.2) is 4.39 Å². The van der Waals surface area contributed by atoms with Gasteiger partial charge >= 0.3 is 0 Å². The summed E-state index contributed by atoms with van der Waals surface area (Å²) in [4.78, 5) is 0. The van der Waals surface area contributed by atoms with Gasteiger partial charge in [-0.15, -0.1) is 12.4 Å². The molecule has 0 spiro atoms. The molecule has 0 amide bonds. The van der Waals surface area contributed by atoms with E-state index in [1.54, 1.807) is 0 Å². The fourth-order valence-corrected chi connectivity index (χ4v) is 0.971. The van der Waals surface area contributed by atoms with Gasteiger partial charge < -0.3 is 5.73 Å². The smallest absolute Gasteiger partial charge is 0.105 e. The Balaban J connectivity index is 0.00000121. The maximum Gasteiger partial charge on any atom is 0.105 e. The number of alkyl halides is 1. The van der Waals surface area contributed by atoms with Crippen LogP contribution in [0.25, 0.3) is 0 Å². The molecular weight excluding hydrogens is 177 g/mol. The van der Waals surface area contributed by atoms with E-state index in [4.69, 9.17) is 5.73 Å². The molecule has 2 N–H and O–H groups in total. The van der Waals surface area contributed by atoms with Gasteiger partial charge in [0.1, 0.15) is 6.67 Å². The first kappa shape index (κ1) is 11.4. The van der Waals surface area contributed by atoms with E-state index < -0.39 is 6.67 Å².